The van der Waals surface area contributed by atoms with Crippen molar-refractivity contribution >= 4 is 17.3 Å². The molecule has 2 N–H and O–H groups in total. The lowest BCUT2D eigenvalue weighted by Crippen LogP contribution is -2.51. The number of rotatable bonds is 4. The molecule has 5 heteroatoms. The number of piperazine rings is 1. The second kappa shape index (κ2) is 7.88. The molecule has 1 aliphatic carbocycles. The van der Waals surface area contributed by atoms with Crippen LogP contribution in [0.4, 0.5) is 11.4 Å². The normalized spacial score (nSPS) is 20.1. The van der Waals surface area contributed by atoms with Crippen LogP contribution >= 0.6 is 0 Å². The highest BCUT2D eigenvalue weighted by molar-refractivity contribution is 5.75. The van der Waals surface area contributed by atoms with Crippen LogP contribution in [0.25, 0.3) is 0 Å². The van der Waals surface area contributed by atoms with E-state index in [1.165, 1.54) is 39.2 Å². The Bertz CT molecular complexity index is 562. The van der Waals surface area contributed by atoms with Gasteiger partial charge < -0.3 is 15.4 Å². The van der Waals surface area contributed by atoms with Gasteiger partial charge in [-0.05, 0) is 30.5 Å². The van der Waals surface area contributed by atoms with E-state index in [-0.39, 0.29) is 12.4 Å². The number of nitrogens with two attached hydrogens (primary N) is 1. The third-order valence-corrected chi connectivity index (χ3v) is 5.41. The van der Waals surface area contributed by atoms with Gasteiger partial charge >= 0.3 is 5.97 Å². The Morgan fingerprint density at radius 1 is 1.17 bits per heavy atom. The summed E-state index contributed by atoms with van der Waals surface area (Å²) in [5.74, 6) is -0.233. The molecule has 2 aliphatic rings. The largest absolute Gasteiger partial charge is 0.469 e. The highest BCUT2D eigenvalue weighted by Crippen LogP contribution is 2.28. The lowest BCUT2D eigenvalue weighted by Gasteiger charge is -2.41. The molecule has 1 saturated heterocycles. The van der Waals surface area contributed by atoms with Gasteiger partial charge in [0.2, 0.25) is 0 Å². The zero-order valence-corrected chi connectivity index (χ0v) is 14.7. The molecule has 0 bridgehead atoms. The SMILES string of the molecule is COC(=O)Cc1ccc(N2CCN(C3CCCCC3)CC2)c(N)c1. The fraction of sp³-hybridized carbons (Fsp3) is 0.632. The van der Waals surface area contributed by atoms with E-state index < -0.39 is 0 Å². The van der Waals surface area contributed by atoms with Crippen molar-refractivity contribution in [3.8, 4) is 0 Å². The molecule has 3 rings (SSSR count). The van der Waals surface area contributed by atoms with Crippen molar-refractivity contribution in [2.75, 3.05) is 43.9 Å². The lowest BCUT2D eigenvalue weighted by atomic mass is 9.94. The fourth-order valence-electron chi connectivity index (χ4n) is 4.01. The average molecular weight is 331 g/mol. The number of carbonyl (C=O) groups excluding carboxylic acids is 1. The van der Waals surface area contributed by atoms with Crippen LogP contribution in [-0.4, -0.2) is 50.2 Å². The Morgan fingerprint density at radius 3 is 2.50 bits per heavy atom. The second-order valence-corrected chi connectivity index (χ2v) is 6.96. The van der Waals surface area contributed by atoms with Gasteiger partial charge in [-0.3, -0.25) is 9.69 Å². The summed E-state index contributed by atoms with van der Waals surface area (Å²) in [6.07, 6.45) is 7.19. The number of benzene rings is 1. The topological polar surface area (TPSA) is 58.8 Å². The zero-order chi connectivity index (χ0) is 16.9. The molecule has 24 heavy (non-hydrogen) atoms. The molecular formula is C19H29N3O2. The van der Waals surface area contributed by atoms with Gasteiger partial charge in [0, 0.05) is 32.2 Å². The summed E-state index contributed by atoms with van der Waals surface area (Å²) in [4.78, 5) is 16.4. The van der Waals surface area contributed by atoms with Gasteiger partial charge in [-0.2, -0.15) is 0 Å². The predicted octanol–water partition coefficient (Wildman–Crippen LogP) is 2.44. The summed E-state index contributed by atoms with van der Waals surface area (Å²) in [5, 5.41) is 0. The number of ether oxygens (including phenoxy) is 1. The Labute approximate surface area is 144 Å². The summed E-state index contributed by atoms with van der Waals surface area (Å²) in [6.45, 7) is 4.29. The molecule has 1 aromatic carbocycles. The Kier molecular flexibility index (Phi) is 5.61. The number of hydrogen-bond donors (Lipinski definition) is 1. The van der Waals surface area contributed by atoms with Crippen LogP contribution < -0.4 is 10.6 Å². The Morgan fingerprint density at radius 2 is 1.88 bits per heavy atom. The van der Waals surface area contributed by atoms with Gasteiger partial charge in [-0.15, -0.1) is 0 Å². The van der Waals surface area contributed by atoms with E-state index in [1.54, 1.807) is 0 Å². The molecule has 1 saturated carbocycles. The first-order chi connectivity index (χ1) is 11.7. The first-order valence-electron chi connectivity index (χ1n) is 9.11. The van der Waals surface area contributed by atoms with Crippen molar-refractivity contribution in [3.05, 3.63) is 23.8 Å². The minimum atomic E-state index is -0.233. The maximum absolute atomic E-state index is 11.4. The summed E-state index contributed by atoms with van der Waals surface area (Å²) in [5.41, 5.74) is 8.99. The quantitative estimate of drug-likeness (QED) is 0.678. The van der Waals surface area contributed by atoms with Crippen LogP contribution in [0.2, 0.25) is 0 Å². The number of methoxy groups -OCH3 is 1. The molecule has 0 unspecified atom stereocenters. The molecular weight excluding hydrogens is 302 g/mol. The molecule has 0 spiro atoms. The van der Waals surface area contributed by atoms with Crippen LogP contribution in [0.3, 0.4) is 0 Å². The van der Waals surface area contributed by atoms with E-state index in [2.05, 4.69) is 9.80 Å². The smallest absolute Gasteiger partial charge is 0.309 e. The standard InChI is InChI=1S/C19H29N3O2/c1-24-19(23)14-15-7-8-18(17(20)13-15)22-11-9-21(10-12-22)16-5-3-2-4-6-16/h7-8,13,16H,2-6,9-12,14,20H2,1H3. The highest BCUT2D eigenvalue weighted by atomic mass is 16.5. The summed E-state index contributed by atoms with van der Waals surface area (Å²) < 4.78 is 4.71. The minimum Gasteiger partial charge on any atom is -0.469 e. The number of anilines is 2. The van der Waals surface area contributed by atoms with E-state index >= 15 is 0 Å². The molecule has 1 aliphatic heterocycles. The zero-order valence-electron chi connectivity index (χ0n) is 14.7. The van der Waals surface area contributed by atoms with Gasteiger partial charge in [0.15, 0.2) is 0 Å². The third kappa shape index (κ3) is 4.01. The average Bonchev–Trinajstić information content (AvgIpc) is 2.63. The van der Waals surface area contributed by atoms with Gasteiger partial charge in [-0.25, -0.2) is 0 Å². The minimum absolute atomic E-state index is 0.233. The van der Waals surface area contributed by atoms with E-state index in [1.807, 2.05) is 18.2 Å². The van der Waals surface area contributed by atoms with Crippen LogP contribution in [-0.2, 0) is 16.0 Å². The van der Waals surface area contributed by atoms with E-state index in [0.717, 1.165) is 49.2 Å². The molecule has 0 amide bonds. The first-order valence-corrected chi connectivity index (χ1v) is 9.11. The monoisotopic (exact) mass is 331 g/mol. The van der Waals surface area contributed by atoms with Crippen molar-refractivity contribution in [1.82, 2.24) is 4.90 Å². The molecule has 5 nitrogen and oxygen atoms in total. The molecule has 0 aromatic heterocycles. The lowest BCUT2D eigenvalue weighted by molar-refractivity contribution is -0.139. The highest BCUT2D eigenvalue weighted by Gasteiger charge is 2.25. The second-order valence-electron chi connectivity index (χ2n) is 6.96. The van der Waals surface area contributed by atoms with Gasteiger partial charge in [-0.1, -0.05) is 25.3 Å². The number of esters is 1. The number of nitrogen functional groups attached to an aromatic ring is 1. The first kappa shape index (κ1) is 17.1. The van der Waals surface area contributed by atoms with Crippen molar-refractivity contribution < 1.29 is 9.53 Å². The van der Waals surface area contributed by atoms with Crippen LogP contribution in [0.1, 0.15) is 37.7 Å². The van der Waals surface area contributed by atoms with Crippen LogP contribution in [0, 0.1) is 0 Å². The molecule has 0 radical (unpaired) electrons. The maximum atomic E-state index is 11.4. The van der Waals surface area contributed by atoms with Crippen molar-refractivity contribution in [1.29, 1.82) is 0 Å². The van der Waals surface area contributed by atoms with E-state index in [9.17, 15) is 4.79 Å². The Hall–Kier alpha value is -1.75. The van der Waals surface area contributed by atoms with E-state index in [4.69, 9.17) is 10.5 Å². The molecule has 2 fully saturated rings. The van der Waals surface area contributed by atoms with Crippen molar-refractivity contribution in [2.24, 2.45) is 0 Å². The Balaban J connectivity index is 1.58. The molecule has 1 aromatic rings. The summed E-state index contributed by atoms with van der Waals surface area (Å²) >= 11 is 0. The molecule has 0 atom stereocenters. The number of nitrogens with zero attached hydrogens (tertiary/aromatic N) is 2. The van der Waals surface area contributed by atoms with Gasteiger partial charge in [0.05, 0.1) is 24.9 Å². The summed E-state index contributed by atoms with van der Waals surface area (Å²) in [6, 6.07) is 6.72. The number of carbonyl (C=O) groups is 1. The molecule has 1 heterocycles. The number of hydrogen-bond acceptors (Lipinski definition) is 5. The van der Waals surface area contributed by atoms with Crippen LogP contribution in [0.5, 0.6) is 0 Å². The van der Waals surface area contributed by atoms with Crippen LogP contribution in [0.15, 0.2) is 18.2 Å². The maximum Gasteiger partial charge on any atom is 0.309 e. The van der Waals surface area contributed by atoms with Crippen molar-refractivity contribution in [2.45, 2.75) is 44.6 Å². The van der Waals surface area contributed by atoms with Crippen molar-refractivity contribution in [3.63, 3.8) is 0 Å². The molecule has 132 valence electrons. The summed E-state index contributed by atoms with van der Waals surface area (Å²) in [7, 11) is 1.41. The fourth-order valence-corrected chi connectivity index (χ4v) is 4.01. The van der Waals surface area contributed by atoms with E-state index in [0.29, 0.717) is 0 Å². The van der Waals surface area contributed by atoms with Gasteiger partial charge in [0.1, 0.15) is 0 Å². The predicted molar refractivity (Wildman–Crippen MR) is 97.2 cm³/mol. The van der Waals surface area contributed by atoms with Gasteiger partial charge in [0.25, 0.3) is 0 Å². The third-order valence-electron chi connectivity index (χ3n) is 5.41.